The van der Waals surface area contributed by atoms with Crippen LogP contribution < -0.4 is 10.1 Å². The lowest BCUT2D eigenvalue weighted by Gasteiger charge is -2.42. The van der Waals surface area contributed by atoms with E-state index < -0.39 is 5.54 Å². The zero-order valence-electron chi connectivity index (χ0n) is 12.4. The summed E-state index contributed by atoms with van der Waals surface area (Å²) in [6.45, 7) is 7.59. The van der Waals surface area contributed by atoms with Crippen LogP contribution in [0, 0.1) is 5.92 Å². The van der Waals surface area contributed by atoms with Gasteiger partial charge >= 0.3 is 5.97 Å². The molecule has 20 heavy (non-hydrogen) atoms. The van der Waals surface area contributed by atoms with E-state index in [4.69, 9.17) is 9.47 Å². The van der Waals surface area contributed by atoms with Crippen LogP contribution in [0.15, 0.2) is 24.3 Å². The number of esters is 1. The maximum atomic E-state index is 12.7. The van der Waals surface area contributed by atoms with Crippen molar-refractivity contribution in [3.05, 3.63) is 29.8 Å². The molecule has 4 heteroatoms. The van der Waals surface area contributed by atoms with E-state index in [0.717, 1.165) is 24.3 Å². The number of rotatable bonds is 5. The molecule has 0 saturated heterocycles. The summed E-state index contributed by atoms with van der Waals surface area (Å²) in [5, 5.41) is 3.42. The maximum absolute atomic E-state index is 12.7. The fraction of sp³-hybridized carbons (Fsp3) is 0.562. The zero-order chi connectivity index (χ0) is 14.6. The number of hydrogen-bond donors (Lipinski definition) is 1. The number of benzene rings is 1. The van der Waals surface area contributed by atoms with E-state index in [2.05, 4.69) is 12.2 Å². The fourth-order valence-electron chi connectivity index (χ4n) is 2.74. The third kappa shape index (κ3) is 2.40. The third-order valence-corrected chi connectivity index (χ3v) is 3.79. The van der Waals surface area contributed by atoms with E-state index in [9.17, 15) is 4.79 Å². The number of ether oxygens (including phenoxy) is 2. The Morgan fingerprint density at radius 1 is 1.45 bits per heavy atom. The van der Waals surface area contributed by atoms with Crippen LogP contribution in [0.3, 0.4) is 0 Å². The SMILES string of the molecule is CCCNC1(C(=O)OCC)c2ccccc2OCC1C. The predicted octanol–water partition coefficient (Wildman–Crippen LogP) is 2.47. The molecule has 4 nitrogen and oxygen atoms in total. The van der Waals surface area contributed by atoms with Crippen LogP contribution in [-0.2, 0) is 15.1 Å². The van der Waals surface area contributed by atoms with Crippen LogP contribution >= 0.6 is 0 Å². The molecule has 2 unspecified atom stereocenters. The number of nitrogens with one attached hydrogen (secondary N) is 1. The first kappa shape index (κ1) is 14.9. The monoisotopic (exact) mass is 277 g/mol. The van der Waals surface area contributed by atoms with Gasteiger partial charge in [-0.3, -0.25) is 5.32 Å². The molecule has 1 heterocycles. The molecule has 0 aliphatic carbocycles. The molecule has 1 aromatic rings. The van der Waals surface area contributed by atoms with Gasteiger partial charge in [-0.15, -0.1) is 0 Å². The van der Waals surface area contributed by atoms with Gasteiger partial charge in [0, 0.05) is 11.5 Å². The Morgan fingerprint density at radius 3 is 2.90 bits per heavy atom. The standard InChI is InChI=1S/C16H23NO3/c1-4-10-17-16(15(18)19-5-2)12(3)11-20-14-9-7-6-8-13(14)16/h6-9,12,17H,4-5,10-11H2,1-3H3. The zero-order valence-corrected chi connectivity index (χ0v) is 12.4. The molecule has 110 valence electrons. The molecule has 1 N–H and O–H groups in total. The highest BCUT2D eigenvalue weighted by atomic mass is 16.5. The first-order chi connectivity index (χ1) is 9.66. The lowest BCUT2D eigenvalue weighted by Crippen LogP contribution is -2.58. The van der Waals surface area contributed by atoms with E-state index in [0.29, 0.717) is 13.2 Å². The molecule has 2 atom stereocenters. The highest BCUT2D eigenvalue weighted by Gasteiger charge is 2.50. The van der Waals surface area contributed by atoms with Gasteiger partial charge in [0.15, 0.2) is 5.54 Å². The number of para-hydroxylation sites is 1. The molecule has 1 aliphatic heterocycles. The predicted molar refractivity (Wildman–Crippen MR) is 77.7 cm³/mol. The van der Waals surface area contributed by atoms with E-state index in [-0.39, 0.29) is 11.9 Å². The Kier molecular flexibility index (Phi) is 4.65. The second kappa shape index (κ2) is 6.27. The summed E-state index contributed by atoms with van der Waals surface area (Å²) in [6.07, 6.45) is 0.955. The molecule has 0 fully saturated rings. The van der Waals surface area contributed by atoms with Crippen molar-refractivity contribution in [2.75, 3.05) is 19.8 Å². The first-order valence-electron chi connectivity index (χ1n) is 7.31. The van der Waals surface area contributed by atoms with Gasteiger partial charge in [-0.25, -0.2) is 4.79 Å². The van der Waals surface area contributed by atoms with E-state index in [1.54, 1.807) is 0 Å². The van der Waals surface area contributed by atoms with Crippen LogP contribution in [0.2, 0.25) is 0 Å². The smallest absolute Gasteiger partial charge is 0.331 e. The topological polar surface area (TPSA) is 47.6 Å². The molecule has 0 bridgehead atoms. The largest absolute Gasteiger partial charge is 0.493 e. The number of hydrogen-bond acceptors (Lipinski definition) is 4. The maximum Gasteiger partial charge on any atom is 0.331 e. The van der Waals surface area contributed by atoms with Gasteiger partial charge in [0.25, 0.3) is 0 Å². The van der Waals surface area contributed by atoms with Crippen LogP contribution in [0.4, 0.5) is 0 Å². The summed E-state index contributed by atoms with van der Waals surface area (Å²) < 4.78 is 11.1. The average molecular weight is 277 g/mol. The highest BCUT2D eigenvalue weighted by Crippen LogP contribution is 2.41. The van der Waals surface area contributed by atoms with Gasteiger partial charge in [-0.05, 0) is 26.0 Å². The Morgan fingerprint density at radius 2 is 2.20 bits per heavy atom. The lowest BCUT2D eigenvalue weighted by atomic mass is 9.77. The van der Waals surface area contributed by atoms with Gasteiger partial charge in [-0.2, -0.15) is 0 Å². The van der Waals surface area contributed by atoms with Crippen molar-refractivity contribution < 1.29 is 14.3 Å². The third-order valence-electron chi connectivity index (χ3n) is 3.79. The molecule has 1 aromatic carbocycles. The summed E-state index contributed by atoms with van der Waals surface area (Å²) in [5.41, 5.74) is 0.0755. The van der Waals surface area contributed by atoms with Crippen LogP contribution in [0.25, 0.3) is 0 Å². The lowest BCUT2D eigenvalue weighted by molar-refractivity contribution is -0.156. The Bertz CT molecular complexity index is 475. The summed E-state index contributed by atoms with van der Waals surface area (Å²) in [5.74, 6) is 0.571. The Balaban J connectivity index is 2.50. The average Bonchev–Trinajstić information content (AvgIpc) is 2.47. The molecular weight excluding hydrogens is 254 g/mol. The number of carbonyl (C=O) groups excluding carboxylic acids is 1. The van der Waals surface area contributed by atoms with E-state index >= 15 is 0 Å². The van der Waals surface area contributed by atoms with Crippen molar-refractivity contribution in [1.82, 2.24) is 5.32 Å². The van der Waals surface area contributed by atoms with Crippen molar-refractivity contribution in [3.63, 3.8) is 0 Å². The van der Waals surface area contributed by atoms with Crippen molar-refractivity contribution in [3.8, 4) is 5.75 Å². The molecule has 1 aliphatic rings. The summed E-state index contributed by atoms with van der Waals surface area (Å²) in [4.78, 5) is 12.7. The molecule has 0 saturated carbocycles. The molecule has 0 aromatic heterocycles. The van der Waals surface area contributed by atoms with Crippen LogP contribution in [0.5, 0.6) is 5.75 Å². The normalized spacial score (nSPS) is 24.6. The summed E-state index contributed by atoms with van der Waals surface area (Å²) in [6, 6.07) is 7.71. The van der Waals surface area contributed by atoms with E-state index in [1.807, 2.05) is 38.1 Å². The highest BCUT2D eigenvalue weighted by molar-refractivity contribution is 5.84. The fourth-order valence-corrected chi connectivity index (χ4v) is 2.74. The minimum absolute atomic E-state index is 0.0167. The second-order valence-corrected chi connectivity index (χ2v) is 5.16. The summed E-state index contributed by atoms with van der Waals surface area (Å²) in [7, 11) is 0. The van der Waals surface area contributed by atoms with Crippen LogP contribution in [-0.4, -0.2) is 25.7 Å². The molecule has 2 rings (SSSR count). The number of carbonyl (C=O) groups is 1. The molecule has 0 radical (unpaired) electrons. The van der Waals surface area contributed by atoms with Crippen molar-refractivity contribution in [2.24, 2.45) is 5.92 Å². The van der Waals surface area contributed by atoms with Gasteiger partial charge in [0.1, 0.15) is 5.75 Å². The van der Waals surface area contributed by atoms with Gasteiger partial charge in [0.05, 0.1) is 13.2 Å². The van der Waals surface area contributed by atoms with Crippen molar-refractivity contribution in [2.45, 2.75) is 32.7 Å². The number of fused-ring (bicyclic) bond motifs is 1. The van der Waals surface area contributed by atoms with Crippen LogP contribution in [0.1, 0.15) is 32.8 Å². The van der Waals surface area contributed by atoms with Gasteiger partial charge < -0.3 is 9.47 Å². The quantitative estimate of drug-likeness (QED) is 0.840. The molecule has 0 amide bonds. The molecular formula is C16H23NO3. The summed E-state index contributed by atoms with van der Waals surface area (Å²) >= 11 is 0. The minimum Gasteiger partial charge on any atom is -0.493 e. The van der Waals surface area contributed by atoms with Gasteiger partial charge in [-0.1, -0.05) is 32.0 Å². The van der Waals surface area contributed by atoms with Crippen molar-refractivity contribution >= 4 is 5.97 Å². The van der Waals surface area contributed by atoms with Gasteiger partial charge in [0.2, 0.25) is 0 Å². The first-order valence-corrected chi connectivity index (χ1v) is 7.31. The Hall–Kier alpha value is -1.55. The van der Waals surface area contributed by atoms with E-state index in [1.165, 1.54) is 0 Å². The van der Waals surface area contributed by atoms with Crippen molar-refractivity contribution in [1.29, 1.82) is 0 Å². The molecule has 0 spiro atoms. The second-order valence-electron chi connectivity index (χ2n) is 5.16. The Labute approximate surface area is 120 Å². The minimum atomic E-state index is -0.805.